The van der Waals surface area contributed by atoms with Crippen LogP contribution in [0.3, 0.4) is 0 Å². The van der Waals surface area contributed by atoms with Gasteiger partial charge in [0.1, 0.15) is 5.56 Å². The van der Waals surface area contributed by atoms with Gasteiger partial charge in [-0.15, -0.1) is 0 Å². The van der Waals surface area contributed by atoms with E-state index in [-0.39, 0.29) is 35.6 Å². The van der Waals surface area contributed by atoms with Crippen LogP contribution in [-0.4, -0.2) is 44.0 Å². The fourth-order valence-electron chi connectivity index (χ4n) is 2.54. The number of esters is 1. The summed E-state index contributed by atoms with van der Waals surface area (Å²) in [5, 5.41) is 12.6. The van der Waals surface area contributed by atoms with Crippen molar-refractivity contribution in [1.29, 1.82) is 0 Å². The molecule has 0 fully saturated rings. The fraction of sp³-hybridized carbons (Fsp3) is 0.300. The molecule has 2 aromatic carbocycles. The van der Waals surface area contributed by atoms with Crippen molar-refractivity contribution in [3.63, 3.8) is 0 Å². The van der Waals surface area contributed by atoms with Crippen molar-refractivity contribution in [3.8, 4) is 17.2 Å². The standard InChI is InChI=1S/C20H20F3NO6/c1-28-16-10-12(6-8-15(16)30-11-20(21,22)23)7-9-17(25)24-14-5-3-4-13(18(14)26)19(27)29-2/h3-6,8,10,26H,7,9,11H2,1-2H3,(H,24,25). The second-order valence-electron chi connectivity index (χ2n) is 6.13. The maximum atomic E-state index is 12.3. The zero-order valence-electron chi connectivity index (χ0n) is 16.2. The SMILES string of the molecule is COC(=O)c1cccc(NC(=O)CCc2ccc(OCC(F)(F)F)c(OC)c2)c1O. The van der Waals surface area contributed by atoms with Gasteiger partial charge in [0.25, 0.3) is 0 Å². The second-order valence-corrected chi connectivity index (χ2v) is 6.13. The Hall–Kier alpha value is -3.43. The van der Waals surface area contributed by atoms with Gasteiger partial charge in [-0.2, -0.15) is 13.2 Å². The van der Waals surface area contributed by atoms with Gasteiger partial charge in [-0.05, 0) is 36.2 Å². The first-order chi connectivity index (χ1) is 14.1. The zero-order valence-corrected chi connectivity index (χ0v) is 16.2. The molecule has 0 aliphatic rings. The number of alkyl halides is 3. The third-order valence-electron chi connectivity index (χ3n) is 3.98. The molecule has 0 unspecified atom stereocenters. The largest absolute Gasteiger partial charge is 0.505 e. The summed E-state index contributed by atoms with van der Waals surface area (Å²) in [6.07, 6.45) is -4.22. The van der Waals surface area contributed by atoms with Gasteiger partial charge in [0.05, 0.1) is 19.9 Å². The van der Waals surface area contributed by atoms with Crippen LogP contribution >= 0.6 is 0 Å². The number of hydrogen-bond donors (Lipinski definition) is 2. The van der Waals surface area contributed by atoms with E-state index in [1.165, 1.54) is 50.6 Å². The van der Waals surface area contributed by atoms with Crippen LogP contribution in [0.15, 0.2) is 36.4 Å². The van der Waals surface area contributed by atoms with Gasteiger partial charge in [0.2, 0.25) is 5.91 Å². The minimum atomic E-state index is -4.47. The summed E-state index contributed by atoms with van der Waals surface area (Å²) in [4.78, 5) is 23.8. The Bertz CT molecular complexity index is 914. The maximum Gasteiger partial charge on any atom is 0.422 e. The molecule has 162 valence electrons. The number of phenols is 1. The number of rotatable bonds is 8. The van der Waals surface area contributed by atoms with E-state index in [4.69, 9.17) is 9.47 Å². The predicted octanol–water partition coefficient (Wildman–Crippen LogP) is 3.70. The molecule has 10 heteroatoms. The van der Waals surface area contributed by atoms with Gasteiger partial charge in [0, 0.05) is 6.42 Å². The molecule has 0 saturated carbocycles. The molecule has 30 heavy (non-hydrogen) atoms. The Morgan fingerprint density at radius 3 is 2.47 bits per heavy atom. The van der Waals surface area contributed by atoms with Crippen LogP contribution in [0.2, 0.25) is 0 Å². The van der Waals surface area contributed by atoms with Crippen LogP contribution in [0, 0.1) is 0 Å². The maximum absolute atomic E-state index is 12.3. The van der Waals surface area contributed by atoms with Crippen LogP contribution in [0.1, 0.15) is 22.3 Å². The minimum Gasteiger partial charge on any atom is -0.505 e. The molecule has 0 spiro atoms. The van der Waals surface area contributed by atoms with E-state index in [9.17, 15) is 27.9 Å². The molecule has 0 aromatic heterocycles. The molecular weight excluding hydrogens is 407 g/mol. The van der Waals surface area contributed by atoms with Crippen molar-refractivity contribution in [3.05, 3.63) is 47.5 Å². The summed E-state index contributed by atoms with van der Waals surface area (Å²) in [7, 11) is 2.46. The van der Waals surface area contributed by atoms with Crippen molar-refractivity contribution < 1.29 is 42.1 Å². The third-order valence-corrected chi connectivity index (χ3v) is 3.98. The normalized spacial score (nSPS) is 11.0. The number of benzene rings is 2. The van der Waals surface area contributed by atoms with Crippen LogP contribution in [0.4, 0.5) is 18.9 Å². The van der Waals surface area contributed by atoms with Gasteiger partial charge in [-0.25, -0.2) is 4.79 Å². The number of anilines is 1. The third kappa shape index (κ3) is 6.29. The first-order valence-corrected chi connectivity index (χ1v) is 8.71. The Labute approximate surface area is 170 Å². The highest BCUT2D eigenvalue weighted by Crippen LogP contribution is 2.31. The van der Waals surface area contributed by atoms with E-state index in [2.05, 4.69) is 10.1 Å². The molecule has 0 radical (unpaired) electrons. The molecule has 1 amide bonds. The van der Waals surface area contributed by atoms with Crippen molar-refractivity contribution >= 4 is 17.6 Å². The molecule has 0 saturated heterocycles. The van der Waals surface area contributed by atoms with Crippen molar-refractivity contribution in [2.24, 2.45) is 0 Å². The predicted molar refractivity (Wildman–Crippen MR) is 101 cm³/mol. The van der Waals surface area contributed by atoms with Crippen LogP contribution in [0.25, 0.3) is 0 Å². The number of hydrogen-bond acceptors (Lipinski definition) is 6. The summed E-state index contributed by atoms with van der Waals surface area (Å²) in [5.41, 5.74) is 0.597. The summed E-state index contributed by atoms with van der Waals surface area (Å²) in [6, 6.07) is 8.60. The lowest BCUT2D eigenvalue weighted by molar-refractivity contribution is -0.153. The summed E-state index contributed by atoms with van der Waals surface area (Å²) in [6.45, 7) is -1.45. The smallest absolute Gasteiger partial charge is 0.422 e. The van der Waals surface area contributed by atoms with Gasteiger partial charge < -0.3 is 24.6 Å². The van der Waals surface area contributed by atoms with Crippen LogP contribution < -0.4 is 14.8 Å². The molecule has 7 nitrogen and oxygen atoms in total. The summed E-state index contributed by atoms with van der Waals surface area (Å²) in [5.74, 6) is -1.55. The molecule has 0 aliphatic carbocycles. The number of halogens is 3. The molecule has 2 rings (SSSR count). The number of para-hydroxylation sites is 1. The number of phenolic OH excluding ortho intramolecular Hbond substituents is 1. The minimum absolute atomic E-state index is 0.00774. The zero-order chi connectivity index (χ0) is 22.3. The molecule has 2 aromatic rings. The van der Waals surface area contributed by atoms with Crippen molar-refractivity contribution in [2.75, 3.05) is 26.1 Å². The van der Waals surface area contributed by atoms with Crippen LogP contribution in [0.5, 0.6) is 17.2 Å². The average molecular weight is 427 g/mol. The van der Waals surface area contributed by atoms with Gasteiger partial charge in [-0.3, -0.25) is 4.79 Å². The van der Waals surface area contributed by atoms with Crippen molar-refractivity contribution in [2.45, 2.75) is 19.0 Å². The lowest BCUT2D eigenvalue weighted by atomic mass is 10.1. The number of aromatic hydroxyl groups is 1. The number of nitrogens with one attached hydrogen (secondary N) is 1. The molecule has 2 N–H and O–H groups in total. The van der Waals surface area contributed by atoms with E-state index in [1.807, 2.05) is 0 Å². The Kier molecular flexibility index (Phi) is 7.51. The Balaban J connectivity index is 2.00. The van der Waals surface area contributed by atoms with Gasteiger partial charge in [0.15, 0.2) is 23.9 Å². The number of methoxy groups -OCH3 is 2. The fourth-order valence-corrected chi connectivity index (χ4v) is 2.54. The van der Waals surface area contributed by atoms with Crippen LogP contribution in [-0.2, 0) is 16.0 Å². The van der Waals surface area contributed by atoms with E-state index < -0.39 is 30.4 Å². The monoisotopic (exact) mass is 427 g/mol. The number of carbonyl (C=O) groups excluding carboxylic acids is 2. The highest BCUT2D eigenvalue weighted by atomic mass is 19.4. The van der Waals surface area contributed by atoms with E-state index in [1.54, 1.807) is 0 Å². The molecule has 0 bridgehead atoms. The summed E-state index contributed by atoms with van der Waals surface area (Å²) < 4.78 is 51.2. The average Bonchev–Trinajstić information content (AvgIpc) is 2.71. The second kappa shape index (κ2) is 9.86. The molecule has 0 aliphatic heterocycles. The van der Waals surface area contributed by atoms with E-state index in [0.717, 1.165) is 0 Å². The molecule has 0 atom stereocenters. The van der Waals surface area contributed by atoms with Gasteiger partial charge in [-0.1, -0.05) is 12.1 Å². The molecular formula is C20H20F3NO6. The van der Waals surface area contributed by atoms with E-state index >= 15 is 0 Å². The Morgan fingerprint density at radius 1 is 1.10 bits per heavy atom. The Morgan fingerprint density at radius 2 is 1.83 bits per heavy atom. The van der Waals surface area contributed by atoms with E-state index in [0.29, 0.717) is 5.56 Å². The number of aryl methyl sites for hydroxylation is 1. The van der Waals surface area contributed by atoms with Crippen molar-refractivity contribution in [1.82, 2.24) is 0 Å². The number of ether oxygens (including phenoxy) is 3. The number of carbonyl (C=O) groups is 2. The van der Waals surface area contributed by atoms with Gasteiger partial charge >= 0.3 is 12.1 Å². The first kappa shape index (κ1) is 22.9. The topological polar surface area (TPSA) is 94.1 Å². The lowest BCUT2D eigenvalue weighted by Crippen LogP contribution is -2.19. The highest BCUT2D eigenvalue weighted by Gasteiger charge is 2.29. The first-order valence-electron chi connectivity index (χ1n) is 8.71. The quantitative estimate of drug-likeness (QED) is 0.493. The molecule has 0 heterocycles. The number of amides is 1. The highest BCUT2D eigenvalue weighted by molar-refractivity contribution is 5.98. The summed E-state index contributed by atoms with van der Waals surface area (Å²) >= 11 is 0. The lowest BCUT2D eigenvalue weighted by Gasteiger charge is -2.14.